The number of hydrogen-bond donors (Lipinski definition) is 2. The fourth-order valence-electron chi connectivity index (χ4n) is 1.79. The summed E-state index contributed by atoms with van der Waals surface area (Å²) in [6.07, 6.45) is 0.0448. The molecule has 3 N–H and O–H groups in total. The van der Waals surface area contributed by atoms with Gasteiger partial charge in [0.1, 0.15) is 11.4 Å². The summed E-state index contributed by atoms with van der Waals surface area (Å²) < 4.78 is 18.4. The van der Waals surface area contributed by atoms with Gasteiger partial charge in [0.05, 0.1) is 0 Å². The second-order valence-electron chi connectivity index (χ2n) is 5.87. The van der Waals surface area contributed by atoms with Gasteiger partial charge in [0.15, 0.2) is 0 Å². The summed E-state index contributed by atoms with van der Waals surface area (Å²) in [5.74, 6) is -0.238. The van der Waals surface area contributed by atoms with Crippen LogP contribution in [0.4, 0.5) is 9.18 Å². The maximum absolute atomic E-state index is 13.2. The van der Waals surface area contributed by atoms with Crippen molar-refractivity contribution in [3.63, 3.8) is 0 Å². The Hall–Kier alpha value is -1.62. The van der Waals surface area contributed by atoms with Gasteiger partial charge in [-0.05, 0) is 51.3 Å². The van der Waals surface area contributed by atoms with E-state index in [4.69, 9.17) is 10.5 Å². The molecule has 0 aliphatic rings. The Morgan fingerprint density at radius 2 is 2.10 bits per heavy atom. The number of benzene rings is 1. The quantitative estimate of drug-likeness (QED) is 0.892. The zero-order chi connectivity index (χ0) is 15.3. The Balaban J connectivity index is 2.63. The summed E-state index contributed by atoms with van der Waals surface area (Å²) in [6, 6.07) is 4.64. The number of carbonyl (C=O) groups excluding carboxylic acids is 1. The number of aryl methyl sites for hydroxylation is 1. The zero-order valence-electron chi connectivity index (χ0n) is 12.5. The van der Waals surface area contributed by atoms with Crippen LogP contribution in [0.3, 0.4) is 0 Å². The summed E-state index contributed by atoms with van der Waals surface area (Å²) in [5, 5.41) is 2.73. The van der Waals surface area contributed by atoms with Gasteiger partial charge in [-0.15, -0.1) is 0 Å². The van der Waals surface area contributed by atoms with Crippen LogP contribution in [0.15, 0.2) is 18.2 Å². The van der Waals surface area contributed by atoms with Gasteiger partial charge < -0.3 is 15.8 Å². The minimum absolute atomic E-state index is 0.238. The van der Waals surface area contributed by atoms with E-state index in [0.717, 1.165) is 5.56 Å². The molecule has 1 unspecified atom stereocenters. The fourth-order valence-corrected chi connectivity index (χ4v) is 1.79. The highest BCUT2D eigenvalue weighted by Crippen LogP contribution is 2.12. The van der Waals surface area contributed by atoms with E-state index < -0.39 is 11.7 Å². The van der Waals surface area contributed by atoms with Crippen LogP contribution < -0.4 is 11.1 Å². The summed E-state index contributed by atoms with van der Waals surface area (Å²) in [5.41, 5.74) is 6.62. The molecule has 1 atom stereocenters. The van der Waals surface area contributed by atoms with E-state index in [2.05, 4.69) is 5.32 Å². The maximum atomic E-state index is 13.2. The Morgan fingerprint density at radius 1 is 1.45 bits per heavy atom. The molecule has 4 nitrogen and oxygen atoms in total. The Morgan fingerprint density at radius 3 is 2.60 bits per heavy atom. The van der Waals surface area contributed by atoms with Crippen molar-refractivity contribution in [2.24, 2.45) is 5.73 Å². The minimum atomic E-state index is -0.546. The normalized spacial score (nSPS) is 12.9. The molecular weight excluding hydrogens is 259 g/mol. The number of hydrogen-bond acceptors (Lipinski definition) is 3. The van der Waals surface area contributed by atoms with E-state index in [1.165, 1.54) is 6.07 Å². The summed E-state index contributed by atoms with van der Waals surface area (Å²) in [7, 11) is 0. The predicted octanol–water partition coefficient (Wildman–Crippen LogP) is 2.53. The number of carbonyl (C=O) groups is 1. The molecule has 1 aromatic rings. The molecule has 0 spiro atoms. The second kappa shape index (κ2) is 6.70. The highest BCUT2D eigenvalue weighted by molar-refractivity contribution is 5.68. The first kappa shape index (κ1) is 16.4. The van der Waals surface area contributed by atoms with Gasteiger partial charge >= 0.3 is 6.09 Å². The van der Waals surface area contributed by atoms with Crippen molar-refractivity contribution in [2.75, 3.05) is 6.54 Å². The lowest BCUT2D eigenvalue weighted by atomic mass is 10.0. The third kappa shape index (κ3) is 5.57. The van der Waals surface area contributed by atoms with E-state index in [1.807, 2.05) is 0 Å². The molecule has 5 heteroatoms. The van der Waals surface area contributed by atoms with Crippen LogP contribution in [0.2, 0.25) is 0 Å². The first-order valence-electron chi connectivity index (χ1n) is 6.66. The number of rotatable bonds is 4. The molecule has 0 saturated carbocycles. The molecular formula is C15H23FN2O2. The van der Waals surface area contributed by atoms with Crippen molar-refractivity contribution in [1.82, 2.24) is 5.32 Å². The number of ether oxygens (including phenoxy) is 1. The van der Waals surface area contributed by atoms with Gasteiger partial charge in [0.25, 0.3) is 0 Å². The molecule has 1 amide bonds. The van der Waals surface area contributed by atoms with Crippen LogP contribution in [0.5, 0.6) is 0 Å². The second-order valence-corrected chi connectivity index (χ2v) is 5.87. The van der Waals surface area contributed by atoms with Crippen LogP contribution in [0.1, 0.15) is 31.9 Å². The molecule has 0 aromatic heterocycles. The SMILES string of the molecule is Cc1cc(CC(CN)NC(=O)OC(C)(C)C)ccc1F. The highest BCUT2D eigenvalue weighted by atomic mass is 19.1. The molecule has 1 rings (SSSR count). The summed E-state index contributed by atoms with van der Waals surface area (Å²) in [4.78, 5) is 11.7. The average Bonchev–Trinajstić information content (AvgIpc) is 2.30. The molecule has 0 aliphatic heterocycles. The van der Waals surface area contributed by atoms with Gasteiger partial charge in [-0.1, -0.05) is 12.1 Å². The van der Waals surface area contributed by atoms with E-state index >= 15 is 0 Å². The van der Waals surface area contributed by atoms with Crippen molar-refractivity contribution in [3.05, 3.63) is 35.1 Å². The van der Waals surface area contributed by atoms with Gasteiger partial charge in [-0.25, -0.2) is 9.18 Å². The Kier molecular flexibility index (Phi) is 5.51. The number of amides is 1. The molecule has 0 aliphatic carbocycles. The highest BCUT2D eigenvalue weighted by Gasteiger charge is 2.19. The Bertz CT molecular complexity index is 469. The van der Waals surface area contributed by atoms with Crippen LogP contribution in [0.25, 0.3) is 0 Å². The van der Waals surface area contributed by atoms with E-state index in [1.54, 1.807) is 39.8 Å². The zero-order valence-corrected chi connectivity index (χ0v) is 12.5. The van der Waals surface area contributed by atoms with Crippen molar-refractivity contribution >= 4 is 6.09 Å². The van der Waals surface area contributed by atoms with E-state index in [9.17, 15) is 9.18 Å². The molecule has 0 saturated heterocycles. The first-order valence-corrected chi connectivity index (χ1v) is 6.66. The molecule has 20 heavy (non-hydrogen) atoms. The van der Waals surface area contributed by atoms with E-state index in [-0.39, 0.29) is 18.4 Å². The molecule has 0 radical (unpaired) electrons. The largest absolute Gasteiger partial charge is 0.444 e. The summed E-state index contributed by atoms with van der Waals surface area (Å²) in [6.45, 7) is 7.39. The van der Waals surface area contributed by atoms with Crippen LogP contribution in [-0.4, -0.2) is 24.3 Å². The minimum Gasteiger partial charge on any atom is -0.444 e. The molecule has 0 bridgehead atoms. The molecule has 0 fully saturated rings. The third-order valence-electron chi connectivity index (χ3n) is 2.71. The van der Waals surface area contributed by atoms with Crippen LogP contribution in [-0.2, 0) is 11.2 Å². The number of nitrogens with two attached hydrogens (primary N) is 1. The van der Waals surface area contributed by atoms with Gasteiger partial charge in [-0.3, -0.25) is 0 Å². The smallest absolute Gasteiger partial charge is 0.407 e. The van der Waals surface area contributed by atoms with Gasteiger partial charge in [0, 0.05) is 12.6 Å². The first-order chi connectivity index (χ1) is 9.21. The van der Waals surface area contributed by atoms with Crippen LogP contribution in [0, 0.1) is 12.7 Å². The Labute approximate surface area is 119 Å². The molecule has 112 valence electrons. The number of nitrogens with one attached hydrogen (secondary N) is 1. The lowest BCUT2D eigenvalue weighted by Crippen LogP contribution is -2.44. The van der Waals surface area contributed by atoms with Crippen molar-refractivity contribution in [2.45, 2.75) is 45.8 Å². The van der Waals surface area contributed by atoms with Gasteiger partial charge in [-0.2, -0.15) is 0 Å². The molecule has 1 aromatic carbocycles. The topological polar surface area (TPSA) is 64.3 Å². The average molecular weight is 282 g/mol. The standard InChI is InChI=1S/C15H23FN2O2/c1-10-7-11(5-6-13(10)16)8-12(9-17)18-14(19)20-15(2,3)4/h5-7,12H,8-9,17H2,1-4H3,(H,18,19). The van der Waals surface area contributed by atoms with Crippen molar-refractivity contribution in [3.8, 4) is 0 Å². The lowest BCUT2D eigenvalue weighted by Gasteiger charge is -2.23. The van der Waals surface area contributed by atoms with E-state index in [0.29, 0.717) is 12.0 Å². The number of alkyl carbamates (subject to hydrolysis) is 1. The van der Waals surface area contributed by atoms with Crippen molar-refractivity contribution < 1.29 is 13.9 Å². The lowest BCUT2D eigenvalue weighted by molar-refractivity contribution is 0.0506. The van der Waals surface area contributed by atoms with Gasteiger partial charge in [0.2, 0.25) is 0 Å². The summed E-state index contributed by atoms with van der Waals surface area (Å²) >= 11 is 0. The molecule has 0 heterocycles. The predicted molar refractivity (Wildman–Crippen MR) is 77.1 cm³/mol. The number of halogens is 1. The third-order valence-corrected chi connectivity index (χ3v) is 2.71. The van der Waals surface area contributed by atoms with Crippen LogP contribution >= 0.6 is 0 Å². The fraction of sp³-hybridized carbons (Fsp3) is 0.533. The van der Waals surface area contributed by atoms with Crippen molar-refractivity contribution in [1.29, 1.82) is 0 Å². The maximum Gasteiger partial charge on any atom is 0.407 e. The monoisotopic (exact) mass is 282 g/mol.